The first-order valence-corrected chi connectivity index (χ1v) is 7.89. The van der Waals surface area contributed by atoms with E-state index in [0.29, 0.717) is 11.8 Å². The third kappa shape index (κ3) is 2.16. The van der Waals surface area contributed by atoms with Crippen LogP contribution in [-0.2, 0) is 4.79 Å². The highest BCUT2D eigenvalue weighted by molar-refractivity contribution is 5.85. The maximum absolute atomic E-state index is 12.4. The Labute approximate surface area is 129 Å². The molecule has 4 atom stereocenters. The van der Waals surface area contributed by atoms with Crippen molar-refractivity contribution in [3.05, 3.63) is 35.8 Å². The Bertz CT molecular complexity index is 735. The Morgan fingerprint density at radius 3 is 2.77 bits per heavy atom. The number of benzene rings is 1. The minimum Gasteiger partial charge on any atom is -0.348 e. The number of fused-ring (bicyclic) bond motifs is 2. The summed E-state index contributed by atoms with van der Waals surface area (Å²) in [7, 11) is 0. The molecule has 5 heteroatoms. The zero-order valence-electron chi connectivity index (χ0n) is 12.8. The van der Waals surface area contributed by atoms with Crippen LogP contribution in [0.15, 0.2) is 24.3 Å². The molecule has 5 nitrogen and oxygen atoms in total. The largest absolute Gasteiger partial charge is 0.348 e. The fourth-order valence-electron chi connectivity index (χ4n) is 3.74. The van der Waals surface area contributed by atoms with Crippen LogP contribution in [0.2, 0.25) is 0 Å². The minimum atomic E-state index is -0.103. The quantitative estimate of drug-likeness (QED) is 0.902. The molecule has 1 saturated carbocycles. The van der Waals surface area contributed by atoms with Gasteiger partial charge in [0.2, 0.25) is 5.91 Å². The van der Waals surface area contributed by atoms with E-state index >= 15 is 0 Å². The number of hydrogen-bond acceptors (Lipinski definition) is 4. The van der Waals surface area contributed by atoms with Gasteiger partial charge in [-0.15, -0.1) is 0 Å². The average molecular weight is 296 g/mol. The molecule has 2 fully saturated rings. The molecule has 1 unspecified atom stereocenters. The summed E-state index contributed by atoms with van der Waals surface area (Å²) >= 11 is 0. The van der Waals surface area contributed by atoms with E-state index in [4.69, 9.17) is 0 Å². The summed E-state index contributed by atoms with van der Waals surface area (Å²) in [6.45, 7) is 5.85. The Morgan fingerprint density at radius 2 is 2.00 bits per heavy atom. The number of amides is 1. The van der Waals surface area contributed by atoms with E-state index in [2.05, 4.69) is 20.6 Å². The minimum absolute atomic E-state index is 0.103. The average Bonchev–Trinajstić information content (AvgIpc) is 2.99. The van der Waals surface area contributed by atoms with E-state index in [-0.39, 0.29) is 17.9 Å². The van der Waals surface area contributed by atoms with Gasteiger partial charge in [-0.25, -0.2) is 9.97 Å². The molecule has 1 saturated heterocycles. The molecular formula is C17H20N4O. The molecule has 0 radical (unpaired) electrons. The van der Waals surface area contributed by atoms with Crippen molar-refractivity contribution in [2.75, 3.05) is 13.1 Å². The Hall–Kier alpha value is -2.01. The molecule has 1 aliphatic heterocycles. The zero-order valence-corrected chi connectivity index (χ0v) is 12.8. The molecule has 0 spiro atoms. The highest BCUT2D eigenvalue weighted by Crippen LogP contribution is 2.48. The predicted octanol–water partition coefficient (Wildman–Crippen LogP) is 1.58. The van der Waals surface area contributed by atoms with Crippen LogP contribution in [0.3, 0.4) is 0 Å². The molecule has 2 heterocycles. The fourth-order valence-corrected chi connectivity index (χ4v) is 3.74. The lowest BCUT2D eigenvalue weighted by Gasteiger charge is -2.16. The number of carbonyl (C=O) groups is 1. The number of aromatic nitrogens is 2. The summed E-state index contributed by atoms with van der Waals surface area (Å²) < 4.78 is 0. The van der Waals surface area contributed by atoms with Gasteiger partial charge < -0.3 is 10.6 Å². The number of aryl methyl sites for hydroxylation is 1. The zero-order chi connectivity index (χ0) is 15.3. The van der Waals surface area contributed by atoms with E-state index in [1.165, 1.54) is 0 Å². The van der Waals surface area contributed by atoms with Gasteiger partial charge in [0.15, 0.2) is 0 Å². The summed E-state index contributed by atoms with van der Waals surface area (Å²) in [5.74, 6) is 2.18. The van der Waals surface area contributed by atoms with Crippen LogP contribution in [0.4, 0.5) is 0 Å². The summed E-state index contributed by atoms with van der Waals surface area (Å²) in [6.07, 6.45) is 0. The highest BCUT2D eigenvalue weighted by atomic mass is 16.2. The molecule has 4 rings (SSSR count). The van der Waals surface area contributed by atoms with Crippen molar-refractivity contribution >= 4 is 16.8 Å². The Balaban J connectivity index is 1.57. The van der Waals surface area contributed by atoms with Crippen molar-refractivity contribution in [2.45, 2.75) is 19.9 Å². The number of nitrogens with zero attached hydrogens (tertiary/aromatic N) is 2. The molecule has 1 aromatic heterocycles. The molecule has 1 aromatic carbocycles. The van der Waals surface area contributed by atoms with Crippen LogP contribution < -0.4 is 10.6 Å². The first kappa shape index (κ1) is 13.6. The molecule has 1 aliphatic carbocycles. The summed E-state index contributed by atoms with van der Waals surface area (Å²) in [6, 6.07) is 7.85. The second-order valence-corrected chi connectivity index (χ2v) is 6.42. The molecule has 114 valence electrons. The smallest absolute Gasteiger partial charge is 0.224 e. The van der Waals surface area contributed by atoms with Gasteiger partial charge in [0.1, 0.15) is 5.82 Å². The second-order valence-electron chi connectivity index (χ2n) is 6.42. The number of rotatable bonds is 3. The molecule has 0 bridgehead atoms. The van der Waals surface area contributed by atoms with Crippen molar-refractivity contribution in [3.8, 4) is 0 Å². The van der Waals surface area contributed by atoms with Crippen molar-refractivity contribution < 1.29 is 4.79 Å². The number of piperidine rings is 1. The molecule has 1 amide bonds. The lowest BCUT2D eigenvalue weighted by atomic mass is 10.1. The first-order valence-electron chi connectivity index (χ1n) is 7.89. The third-order valence-corrected chi connectivity index (χ3v) is 4.91. The van der Waals surface area contributed by atoms with Crippen molar-refractivity contribution in [1.29, 1.82) is 0 Å². The fraction of sp³-hybridized carbons (Fsp3) is 0.471. The van der Waals surface area contributed by atoms with E-state index in [9.17, 15) is 4.79 Å². The van der Waals surface area contributed by atoms with Crippen LogP contribution in [0.5, 0.6) is 0 Å². The second kappa shape index (κ2) is 5.02. The van der Waals surface area contributed by atoms with Gasteiger partial charge in [0.25, 0.3) is 0 Å². The SMILES string of the molecule is Cc1nc(C(C)NC(=O)[C@H]2[C@@H]3CNC[C@@H]32)c2ccccc2n1. The standard InChI is InChI=1S/C17H20N4O/c1-9(19-17(22)15-12-7-18-8-13(12)15)16-11-5-3-4-6-14(11)20-10(2)21-16/h3-6,9,12-13,15,18H,7-8H2,1-2H3,(H,19,22)/t9?,12-,13+,15+. The van der Waals surface area contributed by atoms with E-state index < -0.39 is 0 Å². The number of carbonyl (C=O) groups excluding carboxylic acids is 1. The van der Waals surface area contributed by atoms with Gasteiger partial charge in [-0.05, 0) is 44.8 Å². The summed E-state index contributed by atoms with van der Waals surface area (Å²) in [4.78, 5) is 21.5. The van der Waals surface area contributed by atoms with Gasteiger partial charge in [0.05, 0.1) is 17.3 Å². The Morgan fingerprint density at radius 1 is 1.27 bits per heavy atom. The first-order chi connectivity index (χ1) is 10.6. The van der Waals surface area contributed by atoms with Crippen LogP contribution in [0, 0.1) is 24.7 Å². The monoisotopic (exact) mass is 296 g/mol. The van der Waals surface area contributed by atoms with Crippen LogP contribution >= 0.6 is 0 Å². The maximum atomic E-state index is 12.4. The van der Waals surface area contributed by atoms with Crippen molar-refractivity contribution in [1.82, 2.24) is 20.6 Å². The van der Waals surface area contributed by atoms with Crippen LogP contribution in [-0.4, -0.2) is 29.0 Å². The normalized spacial score (nSPS) is 27.5. The van der Waals surface area contributed by atoms with Crippen molar-refractivity contribution in [2.24, 2.45) is 17.8 Å². The van der Waals surface area contributed by atoms with E-state index in [0.717, 1.165) is 35.5 Å². The molecule has 2 N–H and O–H groups in total. The van der Waals surface area contributed by atoms with Gasteiger partial charge in [0, 0.05) is 11.3 Å². The topological polar surface area (TPSA) is 66.9 Å². The predicted molar refractivity (Wildman–Crippen MR) is 84.2 cm³/mol. The number of nitrogens with one attached hydrogen (secondary N) is 2. The summed E-state index contributed by atoms with van der Waals surface area (Å²) in [5.41, 5.74) is 1.83. The highest BCUT2D eigenvalue weighted by Gasteiger charge is 2.56. The van der Waals surface area contributed by atoms with Crippen molar-refractivity contribution in [3.63, 3.8) is 0 Å². The molecule has 2 aromatic rings. The Kier molecular flexibility index (Phi) is 3.11. The number of para-hydroxylation sites is 1. The lowest BCUT2D eigenvalue weighted by Crippen LogP contribution is -2.32. The molecule has 22 heavy (non-hydrogen) atoms. The molecule has 2 aliphatic rings. The van der Waals surface area contributed by atoms with Crippen LogP contribution in [0.25, 0.3) is 10.9 Å². The van der Waals surface area contributed by atoms with Gasteiger partial charge in [-0.3, -0.25) is 4.79 Å². The van der Waals surface area contributed by atoms with E-state index in [1.54, 1.807) is 0 Å². The molecular weight excluding hydrogens is 276 g/mol. The lowest BCUT2D eigenvalue weighted by molar-refractivity contribution is -0.123. The van der Waals surface area contributed by atoms with Gasteiger partial charge in [-0.1, -0.05) is 18.2 Å². The van der Waals surface area contributed by atoms with E-state index in [1.807, 2.05) is 38.1 Å². The van der Waals surface area contributed by atoms with Gasteiger partial charge >= 0.3 is 0 Å². The third-order valence-electron chi connectivity index (χ3n) is 4.91. The summed E-state index contributed by atoms with van der Waals surface area (Å²) in [5, 5.41) is 7.48. The maximum Gasteiger partial charge on any atom is 0.224 e. The van der Waals surface area contributed by atoms with Gasteiger partial charge in [-0.2, -0.15) is 0 Å². The van der Waals surface area contributed by atoms with Crippen LogP contribution in [0.1, 0.15) is 24.5 Å². The number of hydrogen-bond donors (Lipinski definition) is 2.